The van der Waals surface area contributed by atoms with E-state index in [1.54, 1.807) is 4.68 Å². The zero-order valence-electron chi connectivity index (χ0n) is 12.7. The molecule has 1 N–H and O–H groups in total. The zero-order valence-corrected chi connectivity index (χ0v) is 12.7. The Morgan fingerprint density at radius 1 is 1.45 bits per heavy atom. The Morgan fingerprint density at radius 3 is 2.82 bits per heavy atom. The number of H-pyrrole nitrogens is 1. The maximum absolute atomic E-state index is 12.7. The van der Waals surface area contributed by atoms with Crippen LogP contribution in [0.4, 0.5) is 0 Å². The molecule has 0 atom stereocenters. The molecule has 3 heterocycles. The second kappa shape index (κ2) is 5.15. The van der Waals surface area contributed by atoms with Gasteiger partial charge in [-0.15, -0.1) is 0 Å². The molecule has 0 aliphatic rings. The van der Waals surface area contributed by atoms with E-state index >= 15 is 0 Å². The van der Waals surface area contributed by atoms with Gasteiger partial charge in [-0.1, -0.05) is 13.8 Å². The Hall–Kier alpha value is -2.88. The average Bonchev–Trinajstić information content (AvgIpc) is 3.12. The molecule has 0 spiro atoms. The summed E-state index contributed by atoms with van der Waals surface area (Å²) >= 11 is 0. The first-order chi connectivity index (χ1) is 10.6. The van der Waals surface area contributed by atoms with Crippen molar-refractivity contribution in [3.63, 3.8) is 0 Å². The van der Waals surface area contributed by atoms with Crippen LogP contribution in [0, 0.1) is 11.3 Å². The van der Waals surface area contributed by atoms with Crippen LogP contribution < -0.4 is 5.56 Å². The van der Waals surface area contributed by atoms with Crippen LogP contribution in [0.25, 0.3) is 17.0 Å². The molecule has 3 aromatic rings. The fourth-order valence-corrected chi connectivity index (χ4v) is 2.52. The molecule has 0 aliphatic heterocycles. The van der Waals surface area contributed by atoms with Crippen LogP contribution in [0.3, 0.4) is 0 Å². The molecular weight excluding hydrogens is 280 g/mol. The Bertz CT molecular complexity index is 937. The van der Waals surface area contributed by atoms with Crippen LogP contribution in [-0.4, -0.2) is 24.4 Å². The predicted molar refractivity (Wildman–Crippen MR) is 81.5 cm³/mol. The van der Waals surface area contributed by atoms with Gasteiger partial charge in [0, 0.05) is 18.3 Å². The third-order valence-corrected chi connectivity index (χ3v) is 3.62. The second-order valence-electron chi connectivity index (χ2n) is 5.36. The molecule has 112 valence electrons. The highest BCUT2D eigenvalue weighted by Gasteiger charge is 2.20. The van der Waals surface area contributed by atoms with Crippen LogP contribution in [-0.2, 0) is 6.54 Å². The summed E-state index contributed by atoms with van der Waals surface area (Å²) < 4.78 is 3.04. The molecule has 0 unspecified atom stereocenters. The first kappa shape index (κ1) is 14.1. The molecule has 0 aliphatic carbocycles. The molecule has 0 amide bonds. The van der Waals surface area contributed by atoms with E-state index in [1.165, 1.54) is 10.7 Å². The number of nitrogens with zero attached hydrogens (tertiary/aromatic N) is 5. The normalized spacial score (nSPS) is 11.2. The molecule has 0 saturated carbocycles. The SMILES string of the molecule is CCn1ccc(-c2[nH]c3c(C#N)cnn3c(=O)c2C(C)C)n1. The number of aromatic nitrogens is 5. The lowest BCUT2D eigenvalue weighted by atomic mass is 10.0. The van der Waals surface area contributed by atoms with E-state index in [9.17, 15) is 4.79 Å². The summed E-state index contributed by atoms with van der Waals surface area (Å²) in [7, 11) is 0. The van der Waals surface area contributed by atoms with Gasteiger partial charge in [-0.2, -0.15) is 20.0 Å². The summed E-state index contributed by atoms with van der Waals surface area (Å²) in [5.41, 5.74) is 2.47. The number of hydrogen-bond donors (Lipinski definition) is 1. The molecule has 3 rings (SSSR count). The van der Waals surface area contributed by atoms with Gasteiger partial charge in [0.05, 0.1) is 11.9 Å². The van der Waals surface area contributed by atoms with E-state index in [-0.39, 0.29) is 11.5 Å². The second-order valence-corrected chi connectivity index (χ2v) is 5.36. The lowest BCUT2D eigenvalue weighted by Gasteiger charge is -2.11. The highest BCUT2D eigenvalue weighted by Crippen LogP contribution is 2.24. The van der Waals surface area contributed by atoms with Crippen LogP contribution in [0.5, 0.6) is 0 Å². The van der Waals surface area contributed by atoms with Gasteiger partial charge in [-0.25, -0.2) is 0 Å². The lowest BCUT2D eigenvalue weighted by molar-refractivity contribution is 0.661. The minimum Gasteiger partial charge on any atom is -0.337 e. The third-order valence-electron chi connectivity index (χ3n) is 3.62. The van der Waals surface area contributed by atoms with Gasteiger partial charge < -0.3 is 4.98 Å². The van der Waals surface area contributed by atoms with Gasteiger partial charge in [0.15, 0.2) is 5.65 Å². The van der Waals surface area contributed by atoms with Crippen molar-refractivity contribution >= 4 is 5.65 Å². The van der Waals surface area contributed by atoms with Crippen molar-refractivity contribution < 1.29 is 0 Å². The van der Waals surface area contributed by atoms with Gasteiger partial charge in [0.1, 0.15) is 17.3 Å². The van der Waals surface area contributed by atoms with Gasteiger partial charge in [0.2, 0.25) is 0 Å². The van der Waals surface area contributed by atoms with Crippen LogP contribution in [0.1, 0.15) is 37.8 Å². The number of rotatable bonds is 3. The summed E-state index contributed by atoms with van der Waals surface area (Å²) in [6.45, 7) is 6.65. The van der Waals surface area contributed by atoms with Crippen LogP contribution in [0.2, 0.25) is 0 Å². The molecule has 3 aromatic heterocycles. The van der Waals surface area contributed by atoms with Gasteiger partial charge in [-0.3, -0.25) is 9.48 Å². The number of nitrogens with one attached hydrogen (secondary N) is 1. The summed E-state index contributed by atoms with van der Waals surface area (Å²) in [4.78, 5) is 15.9. The average molecular weight is 296 g/mol. The van der Waals surface area contributed by atoms with Crippen molar-refractivity contribution in [2.24, 2.45) is 0 Å². The number of aromatic amines is 1. The molecule has 7 heteroatoms. The van der Waals surface area contributed by atoms with Crippen molar-refractivity contribution in [1.29, 1.82) is 5.26 Å². The minimum absolute atomic E-state index is 0.00432. The molecule has 0 aromatic carbocycles. The molecular formula is C15H16N6O. The largest absolute Gasteiger partial charge is 0.337 e. The highest BCUT2D eigenvalue weighted by molar-refractivity contribution is 5.65. The molecule has 0 fully saturated rings. The molecule has 0 bridgehead atoms. The Kier molecular flexibility index (Phi) is 3.29. The Morgan fingerprint density at radius 2 is 2.23 bits per heavy atom. The van der Waals surface area contributed by atoms with Crippen molar-refractivity contribution in [2.45, 2.75) is 33.2 Å². The monoisotopic (exact) mass is 296 g/mol. The van der Waals surface area contributed by atoms with E-state index in [2.05, 4.69) is 15.2 Å². The summed E-state index contributed by atoms with van der Waals surface area (Å²) in [5, 5.41) is 17.6. The first-order valence-electron chi connectivity index (χ1n) is 7.14. The molecule has 7 nitrogen and oxygen atoms in total. The van der Waals surface area contributed by atoms with E-state index < -0.39 is 0 Å². The minimum atomic E-state index is -0.216. The van der Waals surface area contributed by atoms with Crippen LogP contribution >= 0.6 is 0 Å². The first-order valence-corrected chi connectivity index (χ1v) is 7.14. The smallest absolute Gasteiger partial charge is 0.278 e. The number of aryl methyl sites for hydroxylation is 1. The fourth-order valence-electron chi connectivity index (χ4n) is 2.52. The fraction of sp³-hybridized carbons (Fsp3) is 0.333. The van der Waals surface area contributed by atoms with Gasteiger partial charge >= 0.3 is 0 Å². The standard InChI is InChI=1S/C15H16N6O/c1-4-20-6-5-11(19-20)13-12(9(2)3)15(22)21-14(18-13)10(7-16)8-17-21/h5-6,8-9,18H,4H2,1-3H3. The van der Waals surface area contributed by atoms with E-state index in [0.29, 0.717) is 28.2 Å². The van der Waals surface area contributed by atoms with E-state index in [4.69, 9.17) is 5.26 Å². The van der Waals surface area contributed by atoms with Crippen molar-refractivity contribution in [3.8, 4) is 17.5 Å². The summed E-state index contributed by atoms with van der Waals surface area (Å²) in [5.74, 6) is 0.00432. The summed E-state index contributed by atoms with van der Waals surface area (Å²) in [6, 6.07) is 3.90. The summed E-state index contributed by atoms with van der Waals surface area (Å²) in [6.07, 6.45) is 3.26. The quantitative estimate of drug-likeness (QED) is 0.799. The van der Waals surface area contributed by atoms with E-state index in [1.807, 2.05) is 39.1 Å². The Balaban J connectivity index is 2.38. The van der Waals surface area contributed by atoms with Crippen LogP contribution in [0.15, 0.2) is 23.3 Å². The van der Waals surface area contributed by atoms with Gasteiger partial charge in [0.25, 0.3) is 5.56 Å². The lowest BCUT2D eigenvalue weighted by Crippen LogP contribution is -2.22. The van der Waals surface area contributed by atoms with Crippen molar-refractivity contribution in [3.05, 3.63) is 39.9 Å². The highest BCUT2D eigenvalue weighted by atomic mass is 16.1. The number of hydrogen-bond acceptors (Lipinski definition) is 4. The zero-order chi connectivity index (χ0) is 15.9. The predicted octanol–water partition coefficient (Wildman–Crippen LogP) is 1.90. The van der Waals surface area contributed by atoms with Gasteiger partial charge in [-0.05, 0) is 18.9 Å². The maximum Gasteiger partial charge on any atom is 0.278 e. The maximum atomic E-state index is 12.7. The molecule has 0 saturated heterocycles. The molecule has 0 radical (unpaired) electrons. The number of fused-ring (bicyclic) bond motifs is 1. The van der Waals surface area contributed by atoms with E-state index in [0.717, 1.165) is 6.54 Å². The van der Waals surface area contributed by atoms with Crippen molar-refractivity contribution in [1.82, 2.24) is 24.4 Å². The number of nitriles is 1. The molecule has 22 heavy (non-hydrogen) atoms. The Labute approximate surface area is 126 Å². The van der Waals surface area contributed by atoms with Crippen molar-refractivity contribution in [2.75, 3.05) is 0 Å². The topological polar surface area (TPSA) is 91.8 Å². The third kappa shape index (κ3) is 2.00.